The maximum absolute atomic E-state index is 5.01. The number of halogens is 7. The number of rotatable bonds is 0. The number of hydrogen-bond donors (Lipinski definition) is 0. The van der Waals surface area contributed by atoms with Crippen molar-refractivity contribution in [1.29, 1.82) is 0 Å². The fraction of sp³-hybridized carbons (Fsp3) is 0. The molecule has 0 bridgehead atoms. The summed E-state index contributed by atoms with van der Waals surface area (Å²) in [4.78, 5) is 0. The van der Waals surface area contributed by atoms with E-state index >= 15 is 0 Å². The first-order valence-corrected chi connectivity index (χ1v) is 16.4. The fourth-order valence-corrected chi connectivity index (χ4v) is 0. The SMILES string of the molecule is [CH3-].[Cl][Ti+]([Cl])[Cl].[Cl][Ti]([Cl])([Cl])[Cl]. The van der Waals surface area contributed by atoms with Crippen molar-refractivity contribution in [3.8, 4) is 0 Å². The molecule has 0 spiro atoms. The maximum atomic E-state index is 5.01. The molecule has 0 nitrogen and oxygen atoms in total. The minimum absolute atomic E-state index is 0. The van der Waals surface area contributed by atoms with E-state index in [9.17, 15) is 0 Å². The van der Waals surface area contributed by atoms with Crippen molar-refractivity contribution in [1.82, 2.24) is 0 Å². The van der Waals surface area contributed by atoms with Crippen molar-refractivity contribution < 1.29 is 27.0 Å². The predicted molar refractivity (Wildman–Crippen MR) is 47.4 cm³/mol. The summed E-state index contributed by atoms with van der Waals surface area (Å²) in [5.41, 5.74) is 0. The zero-order valence-electron chi connectivity index (χ0n) is 4.65. The van der Waals surface area contributed by atoms with Crippen molar-refractivity contribution in [3.05, 3.63) is 7.43 Å². The van der Waals surface area contributed by atoms with Crippen molar-refractivity contribution >= 4 is 65.1 Å². The Hall–Kier alpha value is 3.46. The molecule has 9 heteroatoms. The molecule has 0 atom stereocenters. The van der Waals surface area contributed by atoms with Gasteiger partial charge in [0.15, 0.2) is 0 Å². The van der Waals surface area contributed by atoms with E-state index < -0.39 is 27.0 Å². The van der Waals surface area contributed by atoms with E-state index in [1.807, 2.05) is 0 Å². The van der Waals surface area contributed by atoms with Crippen molar-refractivity contribution in [2.24, 2.45) is 0 Å². The third-order valence-electron chi connectivity index (χ3n) is 0. The average molecular weight is 359 g/mol. The van der Waals surface area contributed by atoms with E-state index in [-0.39, 0.29) is 7.43 Å². The van der Waals surface area contributed by atoms with Gasteiger partial charge in [-0.15, -0.1) is 0 Å². The number of hydrogen-bond acceptors (Lipinski definition) is 0. The van der Waals surface area contributed by atoms with Gasteiger partial charge in [0.2, 0.25) is 0 Å². The molecule has 0 heterocycles. The molecule has 0 rings (SSSR count). The predicted octanol–water partition coefficient (Wildman–Crippen LogP) is 5.27. The van der Waals surface area contributed by atoms with Crippen LogP contribution in [-0.4, -0.2) is 0 Å². The van der Waals surface area contributed by atoms with Crippen LogP contribution in [0.5, 0.6) is 0 Å². The normalized spacial score (nSPS) is 8.70. The summed E-state index contributed by atoms with van der Waals surface area (Å²) in [5.74, 6) is 0. The first kappa shape index (κ1) is 19.1. The van der Waals surface area contributed by atoms with Gasteiger partial charge in [0.25, 0.3) is 0 Å². The van der Waals surface area contributed by atoms with Crippen LogP contribution in [0.2, 0.25) is 0 Å². The molecule has 0 aromatic carbocycles. The topological polar surface area (TPSA) is 0 Å². The van der Waals surface area contributed by atoms with E-state index in [1.165, 1.54) is 0 Å². The summed E-state index contributed by atoms with van der Waals surface area (Å²) < 4.78 is 0. The molecule has 0 unspecified atom stereocenters. The molecule has 0 saturated carbocycles. The van der Waals surface area contributed by atoms with E-state index in [2.05, 4.69) is 0 Å². The van der Waals surface area contributed by atoms with Gasteiger partial charge in [-0.2, -0.15) is 0 Å². The Morgan fingerprint density at radius 3 is 0.800 bits per heavy atom. The van der Waals surface area contributed by atoms with E-state index in [0.29, 0.717) is 0 Å². The molecule has 0 fully saturated rings. The summed E-state index contributed by atoms with van der Waals surface area (Å²) in [5, 5.41) is 0. The average Bonchev–Trinajstić information content (AvgIpc) is 1.19. The summed E-state index contributed by atoms with van der Waals surface area (Å²) >= 11 is -5.03. The van der Waals surface area contributed by atoms with Crippen LogP contribution >= 0.6 is 65.1 Å². The summed E-state index contributed by atoms with van der Waals surface area (Å²) in [6.07, 6.45) is 0. The van der Waals surface area contributed by atoms with Crippen LogP contribution in [0.4, 0.5) is 0 Å². The Balaban J connectivity index is -0.0000000910. The fourth-order valence-electron chi connectivity index (χ4n) is 0. The molecular formula is CH3Cl7Ti2. The second-order valence-corrected chi connectivity index (χ2v) is 23.9. The van der Waals surface area contributed by atoms with Crippen molar-refractivity contribution in [3.63, 3.8) is 0 Å². The zero-order chi connectivity index (χ0) is 8.08. The van der Waals surface area contributed by atoms with E-state index in [1.54, 1.807) is 0 Å². The third kappa shape index (κ3) is 105. The molecule has 10 heavy (non-hydrogen) atoms. The van der Waals surface area contributed by atoms with Gasteiger partial charge in [0.05, 0.1) is 0 Å². The van der Waals surface area contributed by atoms with Crippen LogP contribution in [-0.2, 0) is 27.0 Å². The molecule has 64 valence electrons. The molecule has 0 amide bonds. The molecule has 0 radical (unpaired) electrons. The van der Waals surface area contributed by atoms with Crippen LogP contribution in [0.1, 0.15) is 0 Å². The second kappa shape index (κ2) is 10.5. The van der Waals surface area contributed by atoms with Crippen LogP contribution < -0.4 is 0 Å². The van der Waals surface area contributed by atoms with Gasteiger partial charge in [-0.05, 0) is 0 Å². The Morgan fingerprint density at radius 2 is 0.800 bits per heavy atom. The van der Waals surface area contributed by atoms with Crippen molar-refractivity contribution in [2.75, 3.05) is 0 Å². The van der Waals surface area contributed by atoms with E-state index in [4.69, 9.17) is 65.1 Å². The monoisotopic (exact) mass is 356 g/mol. The van der Waals surface area contributed by atoms with Crippen LogP contribution in [0, 0.1) is 7.43 Å². The van der Waals surface area contributed by atoms with Gasteiger partial charge in [-0.25, -0.2) is 0 Å². The van der Waals surface area contributed by atoms with Gasteiger partial charge in [-0.1, -0.05) is 0 Å². The van der Waals surface area contributed by atoms with Gasteiger partial charge in [-0.3, -0.25) is 0 Å². The van der Waals surface area contributed by atoms with Crippen LogP contribution in [0.3, 0.4) is 0 Å². The molecule has 0 aliphatic heterocycles. The Labute approximate surface area is 97.7 Å². The molecule has 0 saturated heterocycles. The van der Waals surface area contributed by atoms with Crippen LogP contribution in [0.25, 0.3) is 0 Å². The summed E-state index contributed by atoms with van der Waals surface area (Å²) in [6, 6.07) is 0. The molecule has 0 aliphatic carbocycles. The summed E-state index contributed by atoms with van der Waals surface area (Å²) in [7, 11) is 35.0. The zero-order valence-corrected chi connectivity index (χ0v) is 13.1. The summed E-state index contributed by atoms with van der Waals surface area (Å²) in [6.45, 7) is 0. The van der Waals surface area contributed by atoms with Gasteiger partial charge >= 0.3 is 92.2 Å². The molecular weight excluding hydrogens is 356 g/mol. The second-order valence-electron chi connectivity index (χ2n) is 0.643. The molecule has 0 aromatic rings. The first-order chi connectivity index (χ1) is 3.73. The van der Waals surface area contributed by atoms with Gasteiger partial charge in [0.1, 0.15) is 0 Å². The quantitative estimate of drug-likeness (QED) is 0.408. The Kier molecular flexibility index (Phi) is 20.1. The minimum atomic E-state index is -3.11. The Morgan fingerprint density at radius 1 is 0.800 bits per heavy atom. The molecule has 0 N–H and O–H groups in total. The standard InChI is InChI=1S/CH3.7ClH.2Ti/h1H3;7*1H;;/q-1;;;;;;;;2*+4/p-7. The Bertz CT molecular complexity index is 48.4. The first-order valence-electron chi connectivity index (χ1n) is 1.32. The van der Waals surface area contributed by atoms with Gasteiger partial charge in [0, 0.05) is 0 Å². The molecule has 0 aliphatic rings. The van der Waals surface area contributed by atoms with Crippen LogP contribution in [0.15, 0.2) is 0 Å². The van der Waals surface area contributed by atoms with Gasteiger partial charge < -0.3 is 7.43 Å². The van der Waals surface area contributed by atoms with E-state index in [0.717, 1.165) is 0 Å². The third-order valence-corrected chi connectivity index (χ3v) is 0. The molecule has 0 aromatic heterocycles. The van der Waals surface area contributed by atoms with Crippen molar-refractivity contribution in [2.45, 2.75) is 0 Å².